The maximum atomic E-state index is 12.7. The van der Waals surface area contributed by atoms with Crippen LogP contribution in [0.25, 0.3) is 0 Å². The Hall–Kier alpha value is -3.80. The van der Waals surface area contributed by atoms with Gasteiger partial charge in [0.05, 0.1) is 0 Å². The quantitative estimate of drug-likeness (QED) is 0.275. The largest absolute Gasteiger partial charge is 0.417 e. The number of nitrogens with one attached hydrogen (secondary N) is 2. The van der Waals surface area contributed by atoms with E-state index in [4.69, 9.17) is 9.47 Å². The first kappa shape index (κ1) is 33.7. The molecule has 0 aliphatic heterocycles. The van der Waals surface area contributed by atoms with Crippen molar-refractivity contribution in [2.24, 2.45) is 10.8 Å². The molecule has 0 aliphatic carbocycles. The zero-order valence-corrected chi connectivity index (χ0v) is 27.9. The van der Waals surface area contributed by atoms with Crippen LogP contribution in [0.5, 0.6) is 11.5 Å². The summed E-state index contributed by atoms with van der Waals surface area (Å²) in [5, 5.41) is 5.52. The molecule has 6 nitrogen and oxygen atoms in total. The Labute approximate surface area is 258 Å². The first-order valence-corrected chi connectivity index (χ1v) is 15.0. The topological polar surface area (TPSA) is 76.7 Å². The fourth-order valence-corrected chi connectivity index (χ4v) is 6.13. The number of carbonyl (C=O) groups excluding carboxylic acids is 2. The molecule has 0 radical (unpaired) electrons. The summed E-state index contributed by atoms with van der Waals surface area (Å²) >= 11 is 0. The average Bonchev–Trinajstić information content (AvgIpc) is 2.84. The van der Waals surface area contributed by atoms with Gasteiger partial charge in [0.15, 0.2) is 0 Å². The van der Waals surface area contributed by atoms with Gasteiger partial charge in [-0.3, -0.25) is 10.6 Å². The number of amides is 2. The van der Waals surface area contributed by atoms with Crippen LogP contribution in [0.3, 0.4) is 0 Å². The molecule has 3 aromatic carbocycles. The van der Waals surface area contributed by atoms with Crippen molar-refractivity contribution in [1.29, 1.82) is 0 Å². The molecule has 0 unspecified atom stereocenters. The number of carbonyl (C=O) groups is 2. The zero-order valence-electron chi connectivity index (χ0n) is 27.9. The van der Waals surface area contributed by atoms with Gasteiger partial charge in [-0.05, 0) is 94.5 Å². The van der Waals surface area contributed by atoms with E-state index in [0.29, 0.717) is 22.9 Å². The van der Waals surface area contributed by atoms with Gasteiger partial charge in [-0.25, -0.2) is 9.59 Å². The number of hydrogen-bond acceptors (Lipinski definition) is 4. The van der Waals surface area contributed by atoms with Crippen LogP contribution in [0.4, 0.5) is 21.0 Å². The second kappa shape index (κ2) is 12.8. The predicted octanol–water partition coefficient (Wildman–Crippen LogP) is 10.6. The number of rotatable bonds is 8. The first-order chi connectivity index (χ1) is 19.7. The van der Waals surface area contributed by atoms with Crippen molar-refractivity contribution in [2.75, 3.05) is 10.6 Å². The van der Waals surface area contributed by atoms with Gasteiger partial charge in [-0.2, -0.15) is 0 Å². The highest BCUT2D eigenvalue weighted by atomic mass is 16.6. The lowest BCUT2D eigenvalue weighted by Crippen LogP contribution is -2.24. The molecule has 0 aromatic heterocycles. The lowest BCUT2D eigenvalue weighted by Gasteiger charge is -2.33. The molecule has 6 heteroatoms. The fourth-order valence-electron chi connectivity index (χ4n) is 6.13. The molecule has 0 saturated heterocycles. The summed E-state index contributed by atoms with van der Waals surface area (Å²) < 4.78 is 11.1. The Morgan fingerprint density at radius 2 is 0.977 bits per heavy atom. The number of hydrogen-bond donors (Lipinski definition) is 2. The highest BCUT2D eigenvalue weighted by molar-refractivity contribution is 5.91. The lowest BCUT2D eigenvalue weighted by atomic mass is 9.72. The van der Waals surface area contributed by atoms with Gasteiger partial charge in [0.2, 0.25) is 0 Å². The van der Waals surface area contributed by atoms with Crippen molar-refractivity contribution in [1.82, 2.24) is 0 Å². The monoisotopic (exact) mass is 586 g/mol. The number of ether oxygens (including phenoxy) is 2. The number of benzene rings is 3. The van der Waals surface area contributed by atoms with Crippen molar-refractivity contribution in [3.05, 3.63) is 83.4 Å². The summed E-state index contributed by atoms with van der Waals surface area (Å²) in [5.74, 6) is 0.908. The SMILES string of the molecule is Cc1ccc(NC(=O)Oc2ccc(C(C)(C)CC(C)(C)C)cc2)cc1NC(=O)Oc1ccc(C(C)(C)CC(C)(C)C)cc1. The summed E-state index contributed by atoms with van der Waals surface area (Å²) in [6, 6.07) is 20.5. The van der Waals surface area contributed by atoms with Crippen LogP contribution in [0.2, 0.25) is 0 Å². The first-order valence-electron chi connectivity index (χ1n) is 15.0. The molecule has 3 rings (SSSR count). The van der Waals surface area contributed by atoms with Crippen LogP contribution in [-0.4, -0.2) is 12.2 Å². The van der Waals surface area contributed by atoms with Crippen LogP contribution >= 0.6 is 0 Å². The molecule has 3 aromatic rings. The van der Waals surface area contributed by atoms with Crippen molar-refractivity contribution in [2.45, 2.75) is 99.8 Å². The minimum Gasteiger partial charge on any atom is -0.410 e. The molecular weight excluding hydrogens is 536 g/mol. The van der Waals surface area contributed by atoms with Gasteiger partial charge in [0, 0.05) is 11.4 Å². The van der Waals surface area contributed by atoms with Crippen LogP contribution in [0.1, 0.15) is 98.8 Å². The second-order valence-corrected chi connectivity index (χ2v) is 15.4. The third-order valence-electron chi connectivity index (χ3n) is 7.36. The Balaban J connectivity index is 1.59. The third-order valence-corrected chi connectivity index (χ3v) is 7.36. The van der Waals surface area contributed by atoms with E-state index >= 15 is 0 Å². The van der Waals surface area contributed by atoms with E-state index < -0.39 is 12.2 Å². The zero-order chi connectivity index (χ0) is 32.2. The molecule has 0 aliphatic rings. The molecule has 0 saturated carbocycles. The highest BCUT2D eigenvalue weighted by Gasteiger charge is 2.28. The Morgan fingerprint density at radius 1 is 0.581 bits per heavy atom. The van der Waals surface area contributed by atoms with E-state index in [2.05, 4.69) is 79.9 Å². The Bertz CT molecular complexity index is 1410. The molecule has 232 valence electrons. The smallest absolute Gasteiger partial charge is 0.410 e. The van der Waals surface area contributed by atoms with Gasteiger partial charge >= 0.3 is 12.2 Å². The van der Waals surface area contributed by atoms with Crippen molar-refractivity contribution >= 4 is 23.6 Å². The van der Waals surface area contributed by atoms with Crippen LogP contribution in [0, 0.1) is 17.8 Å². The van der Waals surface area contributed by atoms with Crippen molar-refractivity contribution in [3.8, 4) is 11.5 Å². The third kappa shape index (κ3) is 10.5. The van der Waals surface area contributed by atoms with Crippen LogP contribution < -0.4 is 20.1 Å². The van der Waals surface area contributed by atoms with E-state index in [9.17, 15) is 9.59 Å². The number of aryl methyl sites for hydroxylation is 1. The van der Waals surface area contributed by atoms with Gasteiger partial charge in [0.1, 0.15) is 11.5 Å². The molecule has 43 heavy (non-hydrogen) atoms. The maximum absolute atomic E-state index is 12.7. The molecule has 0 heterocycles. The Morgan fingerprint density at radius 3 is 1.37 bits per heavy atom. The lowest BCUT2D eigenvalue weighted by molar-refractivity contribution is 0.214. The maximum Gasteiger partial charge on any atom is 0.417 e. The van der Waals surface area contributed by atoms with E-state index in [1.54, 1.807) is 12.1 Å². The van der Waals surface area contributed by atoms with E-state index in [0.717, 1.165) is 18.4 Å². The molecular formula is C37H50N2O4. The molecule has 0 spiro atoms. The predicted molar refractivity (Wildman–Crippen MR) is 178 cm³/mol. The van der Waals surface area contributed by atoms with Crippen molar-refractivity contribution in [3.63, 3.8) is 0 Å². The van der Waals surface area contributed by atoms with E-state index in [-0.39, 0.29) is 21.7 Å². The number of anilines is 2. The summed E-state index contributed by atoms with van der Waals surface area (Å²) in [7, 11) is 0. The molecule has 0 bridgehead atoms. The van der Waals surface area contributed by atoms with Crippen LogP contribution in [0.15, 0.2) is 66.7 Å². The minimum absolute atomic E-state index is 0.00204. The summed E-state index contributed by atoms with van der Waals surface area (Å²) in [6.45, 7) is 24.2. The average molecular weight is 587 g/mol. The van der Waals surface area contributed by atoms with E-state index in [1.165, 1.54) is 11.1 Å². The van der Waals surface area contributed by atoms with Gasteiger partial charge in [-0.15, -0.1) is 0 Å². The molecule has 0 fully saturated rings. The van der Waals surface area contributed by atoms with Gasteiger partial charge in [-0.1, -0.05) is 99.6 Å². The molecule has 0 atom stereocenters. The molecule has 2 N–H and O–H groups in total. The highest BCUT2D eigenvalue weighted by Crippen LogP contribution is 2.38. The second-order valence-electron chi connectivity index (χ2n) is 15.4. The van der Waals surface area contributed by atoms with E-state index in [1.807, 2.05) is 61.5 Å². The summed E-state index contributed by atoms with van der Waals surface area (Å²) in [5.41, 5.74) is 4.61. The normalized spacial score (nSPS) is 12.4. The van der Waals surface area contributed by atoms with Gasteiger partial charge < -0.3 is 9.47 Å². The van der Waals surface area contributed by atoms with Crippen LogP contribution in [-0.2, 0) is 10.8 Å². The summed E-state index contributed by atoms with van der Waals surface area (Å²) in [4.78, 5) is 25.3. The molecule has 2 amide bonds. The summed E-state index contributed by atoms with van der Waals surface area (Å²) in [6.07, 6.45) is 0.827. The van der Waals surface area contributed by atoms with Gasteiger partial charge in [0.25, 0.3) is 0 Å². The fraction of sp³-hybridized carbons (Fsp3) is 0.459. The minimum atomic E-state index is -0.617. The van der Waals surface area contributed by atoms with Crippen molar-refractivity contribution < 1.29 is 19.1 Å². The Kier molecular flexibility index (Phi) is 10.1. The standard InChI is InChI=1S/C37H50N2O4/c1-25-12-17-28(38-32(40)42-29-18-13-26(14-19-29)36(8,9)23-34(2,3)4)22-31(25)39-33(41)43-30-20-15-27(16-21-30)37(10,11)24-35(5,6)7/h12-22H,23-24H2,1-11H3,(H,38,40)(H,39,41).